The highest BCUT2D eigenvalue weighted by Crippen LogP contribution is 2.19. The molecule has 1 aliphatic rings. The Labute approximate surface area is 154 Å². The van der Waals surface area contributed by atoms with Gasteiger partial charge in [-0.3, -0.25) is 9.69 Å². The molecule has 8 heteroatoms. The van der Waals surface area contributed by atoms with Gasteiger partial charge in [0.15, 0.2) is 0 Å². The van der Waals surface area contributed by atoms with E-state index in [4.69, 9.17) is 5.73 Å². The van der Waals surface area contributed by atoms with Crippen LogP contribution < -0.4 is 11.1 Å². The Balaban J connectivity index is 0.00000264. The summed E-state index contributed by atoms with van der Waals surface area (Å²) in [7, 11) is 0. The molecule has 0 spiro atoms. The molecule has 1 fully saturated rings. The number of carbonyl (C=O) groups excluding carboxylic acids is 1. The zero-order chi connectivity index (χ0) is 16.0. The number of nitrogens with one attached hydrogen (secondary N) is 1. The molecule has 0 bridgehead atoms. The maximum atomic E-state index is 13.1. The molecular formula is C16H25Cl2F2N3O. The average molecular weight is 384 g/mol. The molecule has 1 aromatic carbocycles. The number of hydrogen-bond acceptors (Lipinski definition) is 3. The maximum absolute atomic E-state index is 13.1. The minimum atomic E-state index is -3.03. The Bertz CT molecular complexity index is 491. The molecule has 1 unspecified atom stereocenters. The second kappa shape index (κ2) is 10.8. The lowest BCUT2D eigenvalue weighted by Gasteiger charge is -2.32. The first kappa shape index (κ1) is 23.1. The second-order valence-electron chi connectivity index (χ2n) is 5.84. The highest BCUT2D eigenvalue weighted by Gasteiger charge is 2.30. The number of benzene rings is 1. The van der Waals surface area contributed by atoms with Gasteiger partial charge < -0.3 is 11.1 Å². The third-order valence-electron chi connectivity index (χ3n) is 3.95. The summed E-state index contributed by atoms with van der Waals surface area (Å²) in [6.07, 6.45) is 1.64. The molecule has 1 atom stereocenters. The van der Waals surface area contributed by atoms with E-state index in [1.165, 1.54) is 5.56 Å². The normalized spacial score (nSPS) is 18.2. The largest absolute Gasteiger partial charge is 0.350 e. The second-order valence-corrected chi connectivity index (χ2v) is 5.84. The van der Waals surface area contributed by atoms with Gasteiger partial charge in [-0.25, -0.2) is 8.78 Å². The summed E-state index contributed by atoms with van der Waals surface area (Å²) in [5, 5.41) is 2.33. The Kier molecular flexibility index (Phi) is 10.4. The van der Waals surface area contributed by atoms with E-state index >= 15 is 0 Å². The van der Waals surface area contributed by atoms with Crippen molar-refractivity contribution in [3.05, 3.63) is 35.9 Å². The van der Waals surface area contributed by atoms with E-state index in [1.54, 1.807) is 0 Å². The van der Waals surface area contributed by atoms with E-state index < -0.39 is 19.0 Å². The SMILES string of the molecule is Cl.Cl.NCC(F)(F)CNC(=O)C1CCCN(Cc2ccccc2)C1. The van der Waals surface area contributed by atoms with Crippen LogP contribution in [0.2, 0.25) is 0 Å². The van der Waals surface area contributed by atoms with E-state index in [0.29, 0.717) is 6.54 Å². The molecule has 0 radical (unpaired) electrons. The Hall–Kier alpha value is -0.950. The zero-order valence-electron chi connectivity index (χ0n) is 13.4. The first-order chi connectivity index (χ1) is 10.5. The molecule has 4 nitrogen and oxygen atoms in total. The van der Waals surface area contributed by atoms with Crippen LogP contribution >= 0.6 is 24.8 Å². The van der Waals surface area contributed by atoms with Gasteiger partial charge in [0, 0.05) is 13.1 Å². The Morgan fingerprint density at radius 2 is 1.96 bits per heavy atom. The molecule has 1 aromatic rings. The molecule has 3 N–H and O–H groups in total. The predicted molar refractivity (Wildman–Crippen MR) is 96.0 cm³/mol. The van der Waals surface area contributed by atoms with Gasteiger partial charge in [0.05, 0.1) is 19.0 Å². The van der Waals surface area contributed by atoms with Gasteiger partial charge >= 0.3 is 0 Å². The fraction of sp³-hybridized carbons (Fsp3) is 0.562. The summed E-state index contributed by atoms with van der Waals surface area (Å²) in [6.45, 7) is 0.881. The van der Waals surface area contributed by atoms with Gasteiger partial charge in [-0.05, 0) is 24.9 Å². The monoisotopic (exact) mass is 383 g/mol. The molecule has 1 amide bonds. The average Bonchev–Trinajstić information content (AvgIpc) is 2.54. The van der Waals surface area contributed by atoms with Gasteiger partial charge in [-0.15, -0.1) is 24.8 Å². The van der Waals surface area contributed by atoms with Crippen LogP contribution in [-0.2, 0) is 11.3 Å². The van der Waals surface area contributed by atoms with Crippen LogP contribution in [0.15, 0.2) is 30.3 Å². The van der Waals surface area contributed by atoms with Crippen LogP contribution in [-0.4, -0.2) is 42.9 Å². The molecular weight excluding hydrogens is 359 g/mol. The number of likely N-dealkylation sites (tertiary alicyclic amines) is 1. The minimum absolute atomic E-state index is 0. The van der Waals surface area contributed by atoms with Crippen molar-refractivity contribution in [3.63, 3.8) is 0 Å². The standard InChI is InChI=1S/C16H23F2N3O.2ClH/c17-16(18,11-19)12-20-15(22)14-7-4-8-21(10-14)9-13-5-2-1-3-6-13;;/h1-3,5-6,14H,4,7-12,19H2,(H,20,22);2*1H. The number of piperidine rings is 1. The summed E-state index contributed by atoms with van der Waals surface area (Å²) in [5.41, 5.74) is 6.16. The smallest absolute Gasteiger partial charge is 0.277 e. The van der Waals surface area contributed by atoms with Crippen molar-refractivity contribution in [2.75, 3.05) is 26.2 Å². The molecule has 0 saturated carbocycles. The van der Waals surface area contributed by atoms with E-state index in [9.17, 15) is 13.6 Å². The third kappa shape index (κ3) is 7.30. The summed E-state index contributed by atoms with van der Waals surface area (Å²) < 4.78 is 26.2. The molecule has 138 valence electrons. The number of hydrogen-bond donors (Lipinski definition) is 2. The van der Waals surface area contributed by atoms with Gasteiger partial charge in [-0.1, -0.05) is 30.3 Å². The van der Waals surface area contributed by atoms with Crippen LogP contribution in [0.25, 0.3) is 0 Å². The van der Waals surface area contributed by atoms with Crippen molar-refractivity contribution in [3.8, 4) is 0 Å². The molecule has 24 heavy (non-hydrogen) atoms. The predicted octanol–water partition coefficient (Wildman–Crippen LogP) is 2.45. The fourth-order valence-electron chi connectivity index (χ4n) is 2.69. The van der Waals surface area contributed by atoms with Crippen molar-refractivity contribution < 1.29 is 13.6 Å². The lowest BCUT2D eigenvalue weighted by molar-refractivity contribution is -0.128. The number of alkyl halides is 2. The van der Waals surface area contributed by atoms with Crippen LogP contribution in [0, 0.1) is 5.92 Å². The summed E-state index contributed by atoms with van der Waals surface area (Å²) in [4.78, 5) is 14.2. The lowest BCUT2D eigenvalue weighted by Crippen LogP contribution is -2.47. The fourth-order valence-corrected chi connectivity index (χ4v) is 2.69. The lowest BCUT2D eigenvalue weighted by atomic mass is 9.96. The van der Waals surface area contributed by atoms with Crippen molar-refractivity contribution in [1.29, 1.82) is 0 Å². The third-order valence-corrected chi connectivity index (χ3v) is 3.95. The number of halogens is 4. The Morgan fingerprint density at radius 1 is 1.29 bits per heavy atom. The minimum Gasteiger partial charge on any atom is -0.350 e. The van der Waals surface area contributed by atoms with Crippen LogP contribution in [0.3, 0.4) is 0 Å². The van der Waals surface area contributed by atoms with Crippen molar-refractivity contribution in [2.24, 2.45) is 11.7 Å². The van der Waals surface area contributed by atoms with E-state index in [0.717, 1.165) is 25.9 Å². The van der Waals surface area contributed by atoms with Crippen molar-refractivity contribution in [2.45, 2.75) is 25.3 Å². The number of nitrogens with zero attached hydrogens (tertiary/aromatic N) is 1. The molecule has 0 aromatic heterocycles. The highest BCUT2D eigenvalue weighted by molar-refractivity contribution is 5.85. The quantitative estimate of drug-likeness (QED) is 0.792. The molecule has 1 aliphatic heterocycles. The molecule has 0 aliphatic carbocycles. The van der Waals surface area contributed by atoms with Gasteiger partial charge in [0.25, 0.3) is 5.92 Å². The zero-order valence-corrected chi connectivity index (χ0v) is 15.1. The number of carbonyl (C=O) groups is 1. The first-order valence-corrected chi connectivity index (χ1v) is 7.62. The van der Waals surface area contributed by atoms with Gasteiger partial charge in [-0.2, -0.15) is 0 Å². The summed E-state index contributed by atoms with van der Waals surface area (Å²) in [6, 6.07) is 10.0. The summed E-state index contributed by atoms with van der Waals surface area (Å²) in [5.74, 6) is -3.56. The van der Waals surface area contributed by atoms with Gasteiger partial charge in [0.1, 0.15) is 0 Å². The molecule has 1 heterocycles. The van der Waals surface area contributed by atoms with Crippen LogP contribution in [0.4, 0.5) is 8.78 Å². The molecule has 2 rings (SSSR count). The maximum Gasteiger partial charge on any atom is 0.277 e. The van der Waals surface area contributed by atoms with E-state index in [1.807, 2.05) is 30.3 Å². The van der Waals surface area contributed by atoms with Crippen LogP contribution in [0.5, 0.6) is 0 Å². The van der Waals surface area contributed by atoms with Gasteiger partial charge in [0.2, 0.25) is 5.91 Å². The number of amides is 1. The molecule has 1 saturated heterocycles. The van der Waals surface area contributed by atoms with Crippen molar-refractivity contribution in [1.82, 2.24) is 10.2 Å². The highest BCUT2D eigenvalue weighted by atomic mass is 35.5. The first-order valence-electron chi connectivity index (χ1n) is 7.62. The number of nitrogens with two attached hydrogens (primary N) is 1. The summed E-state index contributed by atoms with van der Waals surface area (Å²) >= 11 is 0. The van der Waals surface area contributed by atoms with Crippen molar-refractivity contribution >= 4 is 30.7 Å². The van der Waals surface area contributed by atoms with E-state index in [2.05, 4.69) is 10.2 Å². The van der Waals surface area contributed by atoms with E-state index in [-0.39, 0.29) is 36.6 Å². The topological polar surface area (TPSA) is 58.4 Å². The Morgan fingerprint density at radius 3 is 2.58 bits per heavy atom. The number of rotatable bonds is 6. The van der Waals surface area contributed by atoms with Crippen LogP contribution in [0.1, 0.15) is 18.4 Å².